The van der Waals surface area contributed by atoms with Crippen LogP contribution < -0.4 is 11.5 Å². The van der Waals surface area contributed by atoms with Crippen molar-refractivity contribution in [3.63, 3.8) is 0 Å². The summed E-state index contributed by atoms with van der Waals surface area (Å²) in [6.45, 7) is 3.64. The van der Waals surface area contributed by atoms with E-state index >= 15 is 0 Å². The molecule has 0 aliphatic carbocycles. The highest BCUT2D eigenvalue weighted by Crippen LogP contribution is 2.02. The first-order valence-corrected chi connectivity index (χ1v) is 4.83. The predicted octanol–water partition coefficient (Wildman–Crippen LogP) is -0.408. The van der Waals surface area contributed by atoms with Gasteiger partial charge in [0.2, 0.25) is 0 Å². The first-order chi connectivity index (χ1) is 7.52. The van der Waals surface area contributed by atoms with E-state index in [9.17, 15) is 9.59 Å². The average molecular weight is 225 g/mol. The van der Waals surface area contributed by atoms with Crippen molar-refractivity contribution in [3.05, 3.63) is 12.2 Å². The maximum Gasteiger partial charge on any atom is 0.355 e. The van der Waals surface area contributed by atoms with Gasteiger partial charge in [-0.1, -0.05) is 13.0 Å². The van der Waals surface area contributed by atoms with Crippen molar-refractivity contribution in [3.8, 4) is 6.07 Å². The van der Waals surface area contributed by atoms with Gasteiger partial charge < -0.3 is 16.2 Å². The number of ether oxygens (including phenoxy) is 1. The van der Waals surface area contributed by atoms with Gasteiger partial charge in [-0.05, 0) is 19.4 Å². The van der Waals surface area contributed by atoms with E-state index in [1.807, 2.05) is 0 Å². The Balaban J connectivity index is 4.01. The quantitative estimate of drug-likeness (QED) is 0.208. The van der Waals surface area contributed by atoms with E-state index in [0.717, 1.165) is 6.42 Å². The zero-order chi connectivity index (χ0) is 12.6. The van der Waals surface area contributed by atoms with Gasteiger partial charge in [0.05, 0.1) is 0 Å². The fraction of sp³-hybridized carbons (Fsp3) is 0.500. The molecule has 0 bridgehead atoms. The van der Waals surface area contributed by atoms with E-state index < -0.39 is 23.6 Å². The summed E-state index contributed by atoms with van der Waals surface area (Å²) in [7, 11) is 0. The van der Waals surface area contributed by atoms with Crippen LogP contribution in [-0.2, 0) is 14.3 Å². The molecule has 16 heavy (non-hydrogen) atoms. The Kier molecular flexibility index (Phi) is 6.76. The van der Waals surface area contributed by atoms with E-state index in [4.69, 9.17) is 16.7 Å². The molecule has 88 valence electrons. The molecule has 0 rings (SSSR count). The molecular weight excluding hydrogens is 210 g/mol. The minimum absolute atomic E-state index is 0.391. The Morgan fingerprint density at radius 2 is 2.06 bits per heavy atom. The number of carbonyl (C=O) groups excluding carboxylic acids is 2. The van der Waals surface area contributed by atoms with E-state index in [-0.39, 0.29) is 0 Å². The number of unbranched alkanes of at least 4 members (excludes halogenated alkanes) is 1. The lowest BCUT2D eigenvalue weighted by atomic mass is 10.1. The molecule has 0 saturated carbocycles. The van der Waals surface area contributed by atoms with Crippen LogP contribution in [0.15, 0.2) is 12.2 Å². The van der Waals surface area contributed by atoms with Crippen molar-refractivity contribution in [2.24, 2.45) is 11.5 Å². The monoisotopic (exact) mass is 225 g/mol. The molecule has 0 aliphatic rings. The lowest BCUT2D eigenvalue weighted by molar-refractivity contribution is -0.157. The summed E-state index contributed by atoms with van der Waals surface area (Å²) in [5.74, 6) is -1.90. The molecule has 0 spiro atoms. The fourth-order valence-corrected chi connectivity index (χ4v) is 0.901. The summed E-state index contributed by atoms with van der Waals surface area (Å²) in [6, 6.07) is 0.610. The SMILES string of the molecule is C=C(C#N)C(=O)OC(=O)[C@@H](N)CCCCN. The van der Waals surface area contributed by atoms with Crippen LogP contribution >= 0.6 is 0 Å². The first-order valence-electron chi connectivity index (χ1n) is 4.83. The highest BCUT2D eigenvalue weighted by molar-refractivity contribution is 5.99. The van der Waals surface area contributed by atoms with Crippen LogP contribution in [-0.4, -0.2) is 24.5 Å². The maximum absolute atomic E-state index is 11.2. The number of hydrogen-bond acceptors (Lipinski definition) is 6. The Morgan fingerprint density at radius 3 is 2.56 bits per heavy atom. The molecule has 4 N–H and O–H groups in total. The second-order valence-electron chi connectivity index (χ2n) is 3.19. The minimum atomic E-state index is -1.05. The van der Waals surface area contributed by atoms with Gasteiger partial charge in [0.1, 0.15) is 17.7 Å². The van der Waals surface area contributed by atoms with Crippen molar-refractivity contribution in [1.29, 1.82) is 5.26 Å². The van der Waals surface area contributed by atoms with E-state index in [1.165, 1.54) is 6.07 Å². The number of hydrogen-bond donors (Lipinski definition) is 2. The van der Waals surface area contributed by atoms with Gasteiger partial charge in [0.15, 0.2) is 0 Å². The average Bonchev–Trinajstić information content (AvgIpc) is 2.27. The number of nitriles is 1. The summed E-state index contributed by atoms with van der Waals surface area (Å²) in [5.41, 5.74) is 10.3. The lowest BCUT2D eigenvalue weighted by Crippen LogP contribution is -2.34. The van der Waals surface area contributed by atoms with Crippen LogP contribution in [0, 0.1) is 11.3 Å². The molecule has 0 aliphatic heterocycles. The summed E-state index contributed by atoms with van der Waals surface area (Å²) in [5, 5.41) is 8.32. The number of carbonyl (C=O) groups is 2. The topological polar surface area (TPSA) is 119 Å². The Hall–Kier alpha value is -1.71. The third kappa shape index (κ3) is 5.24. The van der Waals surface area contributed by atoms with Gasteiger partial charge in [-0.2, -0.15) is 5.26 Å². The van der Waals surface area contributed by atoms with Gasteiger partial charge in [-0.15, -0.1) is 0 Å². The molecule has 0 amide bonds. The van der Waals surface area contributed by atoms with Gasteiger partial charge >= 0.3 is 11.9 Å². The molecule has 0 saturated heterocycles. The third-order valence-corrected chi connectivity index (χ3v) is 1.85. The summed E-state index contributed by atoms with van der Waals surface area (Å²) < 4.78 is 4.34. The molecule has 0 heterocycles. The third-order valence-electron chi connectivity index (χ3n) is 1.85. The fourth-order valence-electron chi connectivity index (χ4n) is 0.901. The zero-order valence-electron chi connectivity index (χ0n) is 8.94. The number of nitrogens with zero attached hydrogens (tertiary/aromatic N) is 1. The number of esters is 2. The van der Waals surface area contributed by atoms with Crippen molar-refractivity contribution >= 4 is 11.9 Å². The predicted molar refractivity (Wildman–Crippen MR) is 56.7 cm³/mol. The highest BCUT2D eigenvalue weighted by Gasteiger charge is 2.19. The second-order valence-corrected chi connectivity index (χ2v) is 3.19. The molecule has 6 nitrogen and oxygen atoms in total. The Morgan fingerprint density at radius 1 is 1.44 bits per heavy atom. The Labute approximate surface area is 93.8 Å². The van der Waals surface area contributed by atoms with Crippen LogP contribution in [0.25, 0.3) is 0 Å². The smallest absolute Gasteiger partial charge is 0.355 e. The van der Waals surface area contributed by atoms with Crippen molar-refractivity contribution in [2.75, 3.05) is 6.54 Å². The van der Waals surface area contributed by atoms with Gasteiger partial charge in [-0.25, -0.2) is 9.59 Å². The first kappa shape index (κ1) is 14.3. The molecule has 0 unspecified atom stereocenters. The standard InChI is InChI=1S/C10H15N3O3/c1-7(6-12)9(14)16-10(15)8(13)4-2-3-5-11/h8H,1-5,11,13H2/t8-/m0/s1. The van der Waals surface area contributed by atoms with E-state index in [2.05, 4.69) is 11.3 Å². The van der Waals surface area contributed by atoms with Gasteiger partial charge in [0, 0.05) is 0 Å². The second kappa shape index (κ2) is 7.56. The van der Waals surface area contributed by atoms with Gasteiger partial charge in [0.25, 0.3) is 0 Å². The number of nitrogens with two attached hydrogens (primary N) is 2. The van der Waals surface area contributed by atoms with E-state index in [1.54, 1.807) is 0 Å². The summed E-state index contributed by atoms with van der Waals surface area (Å²) >= 11 is 0. The van der Waals surface area contributed by atoms with Crippen molar-refractivity contribution in [2.45, 2.75) is 25.3 Å². The van der Waals surface area contributed by atoms with Crippen molar-refractivity contribution in [1.82, 2.24) is 0 Å². The molecule has 0 fully saturated rings. The number of rotatable bonds is 6. The summed E-state index contributed by atoms with van der Waals surface area (Å²) in [6.07, 6.45) is 1.82. The zero-order valence-corrected chi connectivity index (χ0v) is 8.94. The van der Waals surface area contributed by atoms with Crippen LogP contribution in [0.4, 0.5) is 0 Å². The molecule has 0 radical (unpaired) electrons. The van der Waals surface area contributed by atoms with Crippen molar-refractivity contribution < 1.29 is 14.3 Å². The normalized spacial score (nSPS) is 11.3. The summed E-state index contributed by atoms with van der Waals surface area (Å²) in [4.78, 5) is 22.2. The maximum atomic E-state index is 11.2. The molecule has 1 atom stereocenters. The van der Waals surface area contributed by atoms with Crippen LogP contribution in [0.2, 0.25) is 0 Å². The largest absolute Gasteiger partial charge is 0.388 e. The lowest BCUT2D eigenvalue weighted by Gasteiger charge is -2.09. The van der Waals surface area contributed by atoms with Gasteiger partial charge in [-0.3, -0.25) is 0 Å². The molecule has 0 aromatic carbocycles. The molecular formula is C10H15N3O3. The van der Waals surface area contributed by atoms with Crippen LogP contribution in [0.5, 0.6) is 0 Å². The molecule has 0 aromatic heterocycles. The molecule has 0 aromatic rings. The Bertz CT molecular complexity index is 320. The van der Waals surface area contributed by atoms with E-state index in [0.29, 0.717) is 19.4 Å². The van der Waals surface area contributed by atoms with Crippen LogP contribution in [0.1, 0.15) is 19.3 Å². The van der Waals surface area contributed by atoms with Crippen LogP contribution in [0.3, 0.4) is 0 Å². The molecule has 6 heteroatoms. The highest BCUT2D eigenvalue weighted by atomic mass is 16.6. The minimum Gasteiger partial charge on any atom is -0.388 e.